The number of carbonyl (C=O) groups excluding carboxylic acids is 1. The second kappa shape index (κ2) is 5.38. The van der Waals surface area contributed by atoms with Crippen molar-refractivity contribution in [2.45, 2.75) is 18.9 Å². The Labute approximate surface area is 114 Å². The molecule has 1 N–H and O–H groups in total. The van der Waals surface area contributed by atoms with Gasteiger partial charge >= 0.3 is 0 Å². The predicted octanol–water partition coefficient (Wildman–Crippen LogP) is 2.70. The van der Waals surface area contributed by atoms with Gasteiger partial charge in [-0.3, -0.25) is 4.79 Å². The largest absolute Gasteiger partial charge is 0.393 e. The highest BCUT2D eigenvalue weighted by Gasteiger charge is 2.24. The highest BCUT2D eigenvalue weighted by Crippen LogP contribution is 2.27. The lowest BCUT2D eigenvalue weighted by Gasteiger charge is -2.29. The first-order valence-corrected chi connectivity index (χ1v) is 6.68. The molecule has 1 aliphatic heterocycles. The van der Waals surface area contributed by atoms with E-state index in [1.165, 1.54) is 0 Å². The lowest BCUT2D eigenvalue weighted by molar-refractivity contribution is 0.0546. The molecule has 1 aromatic rings. The van der Waals surface area contributed by atoms with Crippen LogP contribution in [-0.2, 0) is 0 Å². The molecule has 0 unspecified atom stereocenters. The van der Waals surface area contributed by atoms with Gasteiger partial charge in [-0.2, -0.15) is 0 Å². The molecule has 1 amide bonds. The van der Waals surface area contributed by atoms with E-state index in [-0.39, 0.29) is 12.0 Å². The third kappa shape index (κ3) is 2.81. The van der Waals surface area contributed by atoms with E-state index in [2.05, 4.69) is 15.9 Å². The summed E-state index contributed by atoms with van der Waals surface area (Å²) >= 11 is 9.40. The maximum Gasteiger partial charge on any atom is 0.255 e. The molecule has 1 saturated heterocycles. The van der Waals surface area contributed by atoms with Crippen LogP contribution >= 0.6 is 27.5 Å². The van der Waals surface area contributed by atoms with E-state index >= 15 is 0 Å². The van der Waals surface area contributed by atoms with E-state index in [4.69, 9.17) is 11.6 Å². The summed E-state index contributed by atoms with van der Waals surface area (Å²) < 4.78 is 0.724. The van der Waals surface area contributed by atoms with Crippen LogP contribution in [0.15, 0.2) is 22.7 Å². The SMILES string of the molecule is O=C(c1cccc(Br)c1Cl)N1CCC(O)CC1. The van der Waals surface area contributed by atoms with Crippen molar-refractivity contribution in [1.82, 2.24) is 4.90 Å². The molecule has 0 spiro atoms. The van der Waals surface area contributed by atoms with Crippen molar-refractivity contribution in [2.24, 2.45) is 0 Å². The molecule has 0 atom stereocenters. The van der Waals surface area contributed by atoms with Crippen LogP contribution < -0.4 is 0 Å². The van der Waals surface area contributed by atoms with Crippen LogP contribution in [0.25, 0.3) is 0 Å². The molecule has 2 rings (SSSR count). The van der Waals surface area contributed by atoms with Crippen LogP contribution in [0.4, 0.5) is 0 Å². The zero-order valence-corrected chi connectivity index (χ0v) is 11.5. The molecule has 0 bridgehead atoms. The summed E-state index contributed by atoms with van der Waals surface area (Å²) in [7, 11) is 0. The van der Waals surface area contributed by atoms with Gasteiger partial charge in [0.05, 0.1) is 16.7 Å². The average Bonchev–Trinajstić information content (AvgIpc) is 2.33. The summed E-state index contributed by atoms with van der Waals surface area (Å²) in [6.45, 7) is 1.17. The Morgan fingerprint density at radius 2 is 2.06 bits per heavy atom. The number of nitrogens with zero attached hydrogens (tertiary/aromatic N) is 1. The van der Waals surface area contributed by atoms with Crippen molar-refractivity contribution >= 4 is 33.4 Å². The minimum atomic E-state index is -0.281. The van der Waals surface area contributed by atoms with Gasteiger partial charge in [0.15, 0.2) is 0 Å². The summed E-state index contributed by atoms with van der Waals surface area (Å²) in [5.41, 5.74) is 0.512. The van der Waals surface area contributed by atoms with E-state index in [0.717, 1.165) is 4.47 Å². The van der Waals surface area contributed by atoms with E-state index in [1.54, 1.807) is 23.1 Å². The van der Waals surface area contributed by atoms with Crippen molar-refractivity contribution in [3.05, 3.63) is 33.3 Å². The topological polar surface area (TPSA) is 40.5 Å². The van der Waals surface area contributed by atoms with Crippen LogP contribution in [0.2, 0.25) is 5.02 Å². The van der Waals surface area contributed by atoms with Crippen molar-refractivity contribution in [3.63, 3.8) is 0 Å². The van der Waals surface area contributed by atoms with Crippen LogP contribution in [0.1, 0.15) is 23.2 Å². The number of piperidine rings is 1. The maximum absolute atomic E-state index is 12.2. The number of amides is 1. The fourth-order valence-electron chi connectivity index (χ4n) is 1.91. The Bertz CT molecular complexity index is 431. The Morgan fingerprint density at radius 3 is 2.71 bits per heavy atom. The second-order valence-electron chi connectivity index (χ2n) is 4.12. The minimum Gasteiger partial charge on any atom is -0.393 e. The van der Waals surface area contributed by atoms with Gasteiger partial charge in [0.2, 0.25) is 0 Å². The van der Waals surface area contributed by atoms with Gasteiger partial charge in [0, 0.05) is 17.6 Å². The fraction of sp³-hybridized carbons (Fsp3) is 0.417. The lowest BCUT2D eigenvalue weighted by Crippen LogP contribution is -2.40. The average molecular weight is 319 g/mol. The summed E-state index contributed by atoms with van der Waals surface area (Å²) in [4.78, 5) is 14.0. The van der Waals surface area contributed by atoms with E-state index in [9.17, 15) is 9.90 Å². The molecule has 0 saturated carbocycles. The normalized spacial score (nSPS) is 17.2. The van der Waals surface area contributed by atoms with Gasteiger partial charge < -0.3 is 10.0 Å². The molecular weight excluding hydrogens is 305 g/mol. The smallest absolute Gasteiger partial charge is 0.255 e. The zero-order chi connectivity index (χ0) is 12.4. The summed E-state index contributed by atoms with van der Waals surface area (Å²) in [6.07, 6.45) is 0.992. The number of carbonyl (C=O) groups is 1. The van der Waals surface area contributed by atoms with E-state index in [0.29, 0.717) is 36.5 Å². The first kappa shape index (κ1) is 12.9. The van der Waals surface area contributed by atoms with Gasteiger partial charge in [-0.25, -0.2) is 0 Å². The number of aliphatic hydroxyl groups excluding tert-OH is 1. The standard InChI is InChI=1S/C12H13BrClNO2/c13-10-3-1-2-9(11(10)14)12(17)15-6-4-8(16)5-7-15/h1-3,8,16H,4-7H2. The first-order valence-electron chi connectivity index (χ1n) is 5.51. The Kier molecular flexibility index (Phi) is 4.07. The zero-order valence-electron chi connectivity index (χ0n) is 9.20. The second-order valence-corrected chi connectivity index (χ2v) is 5.36. The van der Waals surface area contributed by atoms with Gasteiger partial charge in [0.25, 0.3) is 5.91 Å². The van der Waals surface area contributed by atoms with Crippen LogP contribution in [0.5, 0.6) is 0 Å². The third-order valence-electron chi connectivity index (χ3n) is 2.93. The molecular formula is C12H13BrClNO2. The predicted molar refractivity (Wildman–Crippen MR) is 70.3 cm³/mol. The molecule has 1 aliphatic rings. The molecule has 5 heteroatoms. The Balaban J connectivity index is 2.17. The highest BCUT2D eigenvalue weighted by atomic mass is 79.9. The third-order valence-corrected chi connectivity index (χ3v) is 4.23. The van der Waals surface area contributed by atoms with Gasteiger partial charge in [0.1, 0.15) is 0 Å². The number of rotatable bonds is 1. The van der Waals surface area contributed by atoms with Crippen molar-refractivity contribution in [1.29, 1.82) is 0 Å². The van der Waals surface area contributed by atoms with E-state index in [1.807, 2.05) is 0 Å². The van der Waals surface area contributed by atoms with E-state index < -0.39 is 0 Å². The molecule has 0 aromatic heterocycles. The molecule has 0 radical (unpaired) electrons. The van der Waals surface area contributed by atoms with Gasteiger partial charge in [-0.15, -0.1) is 0 Å². The van der Waals surface area contributed by atoms with Crippen LogP contribution in [0, 0.1) is 0 Å². The minimum absolute atomic E-state index is 0.0665. The lowest BCUT2D eigenvalue weighted by atomic mass is 10.1. The molecule has 0 aliphatic carbocycles. The van der Waals surface area contributed by atoms with Gasteiger partial charge in [-0.1, -0.05) is 17.7 Å². The van der Waals surface area contributed by atoms with Crippen molar-refractivity contribution in [2.75, 3.05) is 13.1 Å². The number of likely N-dealkylation sites (tertiary alicyclic amines) is 1. The maximum atomic E-state index is 12.2. The van der Waals surface area contributed by atoms with Gasteiger partial charge in [-0.05, 0) is 40.9 Å². The van der Waals surface area contributed by atoms with Crippen molar-refractivity contribution in [3.8, 4) is 0 Å². The first-order chi connectivity index (χ1) is 8.09. The number of hydrogen-bond donors (Lipinski definition) is 1. The molecule has 1 fully saturated rings. The fourth-order valence-corrected chi connectivity index (χ4v) is 2.48. The number of benzene rings is 1. The Hall–Kier alpha value is -0.580. The van der Waals surface area contributed by atoms with Crippen molar-refractivity contribution < 1.29 is 9.90 Å². The quantitative estimate of drug-likeness (QED) is 0.865. The molecule has 3 nitrogen and oxygen atoms in total. The molecule has 92 valence electrons. The number of halogens is 2. The highest BCUT2D eigenvalue weighted by molar-refractivity contribution is 9.10. The molecule has 1 aromatic carbocycles. The summed E-state index contributed by atoms with van der Waals surface area (Å²) in [5.74, 6) is -0.0665. The molecule has 17 heavy (non-hydrogen) atoms. The summed E-state index contributed by atoms with van der Waals surface area (Å²) in [6, 6.07) is 5.32. The monoisotopic (exact) mass is 317 g/mol. The Morgan fingerprint density at radius 1 is 1.41 bits per heavy atom. The van der Waals surface area contributed by atoms with Crippen LogP contribution in [0.3, 0.4) is 0 Å². The summed E-state index contributed by atoms with van der Waals surface area (Å²) in [5, 5.41) is 9.85. The van der Waals surface area contributed by atoms with Crippen LogP contribution in [-0.4, -0.2) is 35.1 Å². The number of hydrogen-bond acceptors (Lipinski definition) is 2. The number of aliphatic hydroxyl groups is 1. The molecule has 1 heterocycles.